The SMILES string of the molecule is FC(F)(F)c1cc(-n2cc[n+](-c3c(Cl)ccc4c(-n5ccnc5)ccnc34)c2)c2ccc(Cl)cc2n1. The second-order valence-electron chi connectivity index (χ2n) is 8.01. The summed E-state index contributed by atoms with van der Waals surface area (Å²) >= 11 is 12.6. The number of aromatic nitrogens is 6. The van der Waals surface area contributed by atoms with Gasteiger partial charge < -0.3 is 4.57 Å². The molecule has 0 N–H and O–H groups in total. The third-order valence-electron chi connectivity index (χ3n) is 5.81. The van der Waals surface area contributed by atoms with Crippen molar-refractivity contribution in [2.24, 2.45) is 0 Å². The molecule has 2 aromatic carbocycles. The Hall–Kier alpha value is -3.95. The number of hydrogen-bond donors (Lipinski definition) is 0. The van der Waals surface area contributed by atoms with Crippen molar-refractivity contribution in [2.75, 3.05) is 0 Å². The molecule has 0 aliphatic carbocycles. The van der Waals surface area contributed by atoms with Crippen LogP contribution in [0.25, 0.3) is 38.9 Å². The van der Waals surface area contributed by atoms with Crippen LogP contribution in [0.4, 0.5) is 13.2 Å². The topological polar surface area (TPSA) is 52.4 Å². The molecule has 0 bridgehead atoms. The maximum Gasteiger partial charge on any atom is 0.433 e. The van der Waals surface area contributed by atoms with Gasteiger partial charge in [0.15, 0.2) is 5.69 Å². The summed E-state index contributed by atoms with van der Waals surface area (Å²) in [6.45, 7) is 0. The molecule has 6 rings (SSSR count). The molecule has 4 heterocycles. The van der Waals surface area contributed by atoms with E-state index in [4.69, 9.17) is 23.2 Å². The van der Waals surface area contributed by atoms with Gasteiger partial charge in [-0.05, 0) is 36.4 Å². The summed E-state index contributed by atoms with van der Waals surface area (Å²) in [6, 6.07) is 11.2. The maximum absolute atomic E-state index is 13.6. The van der Waals surface area contributed by atoms with E-state index in [-0.39, 0.29) is 5.52 Å². The summed E-state index contributed by atoms with van der Waals surface area (Å²) in [4.78, 5) is 12.4. The van der Waals surface area contributed by atoms with Crippen LogP contribution in [-0.4, -0.2) is 24.1 Å². The van der Waals surface area contributed by atoms with Crippen molar-refractivity contribution in [1.82, 2.24) is 24.1 Å². The zero-order valence-electron chi connectivity index (χ0n) is 18.2. The molecule has 6 nitrogen and oxygen atoms in total. The predicted octanol–water partition coefficient (Wildman–Crippen LogP) is 6.36. The van der Waals surface area contributed by atoms with Gasteiger partial charge in [0.2, 0.25) is 0 Å². The number of pyridine rings is 2. The molecule has 0 spiro atoms. The van der Waals surface area contributed by atoms with Crippen molar-refractivity contribution in [3.63, 3.8) is 0 Å². The van der Waals surface area contributed by atoms with Crippen molar-refractivity contribution < 1.29 is 17.7 Å². The van der Waals surface area contributed by atoms with Crippen molar-refractivity contribution in [3.8, 4) is 17.1 Å². The van der Waals surface area contributed by atoms with Gasteiger partial charge in [-0.1, -0.05) is 23.2 Å². The van der Waals surface area contributed by atoms with Gasteiger partial charge in [0.25, 0.3) is 6.33 Å². The van der Waals surface area contributed by atoms with E-state index < -0.39 is 11.9 Å². The number of imidazole rings is 2. The van der Waals surface area contributed by atoms with E-state index in [0.29, 0.717) is 32.3 Å². The minimum absolute atomic E-state index is 0.141. The largest absolute Gasteiger partial charge is 0.433 e. The van der Waals surface area contributed by atoms with Crippen molar-refractivity contribution in [3.05, 3.63) is 102 Å². The van der Waals surface area contributed by atoms with Gasteiger partial charge >= 0.3 is 6.18 Å². The van der Waals surface area contributed by atoms with Crippen LogP contribution in [0.15, 0.2) is 86.1 Å². The molecular formula is C25H14Cl2F3N6+. The second kappa shape index (κ2) is 8.32. The summed E-state index contributed by atoms with van der Waals surface area (Å²) in [6.07, 6.45) is 7.25. The number of nitrogens with zero attached hydrogens (tertiary/aromatic N) is 6. The molecule has 0 fully saturated rings. The molecule has 0 aliphatic heterocycles. The van der Waals surface area contributed by atoms with E-state index in [1.54, 1.807) is 64.8 Å². The van der Waals surface area contributed by atoms with Gasteiger partial charge in [0.1, 0.15) is 29.3 Å². The van der Waals surface area contributed by atoms with Gasteiger partial charge in [-0.25, -0.2) is 14.5 Å². The van der Waals surface area contributed by atoms with Crippen molar-refractivity contribution >= 4 is 45.0 Å². The van der Waals surface area contributed by atoms with E-state index in [1.807, 2.05) is 22.9 Å². The van der Waals surface area contributed by atoms with Gasteiger partial charge in [-0.2, -0.15) is 17.7 Å². The fourth-order valence-electron chi connectivity index (χ4n) is 4.21. The molecule has 0 saturated heterocycles. The molecule has 0 radical (unpaired) electrons. The highest BCUT2D eigenvalue weighted by molar-refractivity contribution is 6.33. The second-order valence-corrected chi connectivity index (χ2v) is 8.85. The van der Waals surface area contributed by atoms with E-state index in [9.17, 15) is 13.2 Å². The molecular weight excluding hydrogens is 512 g/mol. The molecule has 0 atom stereocenters. The Morgan fingerprint density at radius 1 is 0.861 bits per heavy atom. The Kier molecular flexibility index (Phi) is 5.20. The summed E-state index contributed by atoms with van der Waals surface area (Å²) < 4.78 is 46.0. The molecule has 0 amide bonds. The Morgan fingerprint density at radius 2 is 1.69 bits per heavy atom. The summed E-state index contributed by atoms with van der Waals surface area (Å²) in [7, 11) is 0. The number of rotatable bonds is 3. The monoisotopic (exact) mass is 525 g/mol. The van der Waals surface area contributed by atoms with Crippen LogP contribution < -0.4 is 4.57 Å². The molecule has 0 aliphatic rings. The number of halogens is 5. The lowest BCUT2D eigenvalue weighted by Gasteiger charge is -2.10. The summed E-state index contributed by atoms with van der Waals surface area (Å²) in [5.41, 5.74) is 1.50. The maximum atomic E-state index is 13.6. The quantitative estimate of drug-likeness (QED) is 0.252. The third kappa shape index (κ3) is 3.77. The van der Waals surface area contributed by atoms with Crippen molar-refractivity contribution in [2.45, 2.75) is 6.18 Å². The Labute approximate surface area is 211 Å². The highest BCUT2D eigenvalue weighted by Crippen LogP contribution is 2.34. The van der Waals surface area contributed by atoms with Crippen LogP contribution >= 0.6 is 23.2 Å². The fourth-order valence-corrected chi connectivity index (χ4v) is 4.62. The van der Waals surface area contributed by atoms with Crippen LogP contribution in [0.1, 0.15) is 5.69 Å². The van der Waals surface area contributed by atoms with Gasteiger partial charge in [0.05, 0.1) is 22.6 Å². The van der Waals surface area contributed by atoms with Crippen LogP contribution in [0.5, 0.6) is 0 Å². The Balaban J connectivity index is 1.55. The molecule has 0 unspecified atom stereocenters. The average molecular weight is 526 g/mol. The number of benzene rings is 2. The highest BCUT2D eigenvalue weighted by atomic mass is 35.5. The first-order valence-electron chi connectivity index (χ1n) is 10.6. The van der Waals surface area contributed by atoms with E-state index in [0.717, 1.165) is 17.1 Å². The predicted molar refractivity (Wildman–Crippen MR) is 130 cm³/mol. The van der Waals surface area contributed by atoms with E-state index in [1.165, 1.54) is 6.07 Å². The smallest absolute Gasteiger partial charge is 0.306 e. The Morgan fingerprint density at radius 3 is 2.47 bits per heavy atom. The number of alkyl halides is 3. The fraction of sp³-hybridized carbons (Fsp3) is 0.0400. The summed E-state index contributed by atoms with van der Waals surface area (Å²) in [5.74, 6) is 0. The van der Waals surface area contributed by atoms with E-state index >= 15 is 0 Å². The van der Waals surface area contributed by atoms with E-state index in [2.05, 4.69) is 15.0 Å². The lowest BCUT2D eigenvalue weighted by Crippen LogP contribution is -2.28. The minimum atomic E-state index is -4.62. The standard InChI is InChI=1S/C25H14Cl2F3N6/c26-15-1-2-16-19(11-15)33-22(25(28,29)30)12-21(16)35-9-10-36(14-35)24-18(27)4-3-17-20(5-6-32-23(17)24)34-8-7-31-13-34/h1-14H/q+1. The van der Waals surface area contributed by atoms with Crippen LogP contribution in [0.3, 0.4) is 0 Å². The third-order valence-corrected chi connectivity index (χ3v) is 6.35. The molecule has 178 valence electrons. The lowest BCUT2D eigenvalue weighted by atomic mass is 10.1. The normalized spacial score (nSPS) is 12.0. The molecule has 0 saturated carbocycles. The Bertz CT molecular complexity index is 1760. The molecule has 6 aromatic rings. The van der Waals surface area contributed by atoms with Gasteiger partial charge in [-0.15, -0.1) is 0 Å². The first kappa shape index (κ1) is 22.5. The number of hydrogen-bond acceptors (Lipinski definition) is 3. The van der Waals surface area contributed by atoms with Crippen LogP contribution in [-0.2, 0) is 6.18 Å². The minimum Gasteiger partial charge on any atom is -0.306 e. The first-order valence-corrected chi connectivity index (χ1v) is 11.4. The van der Waals surface area contributed by atoms with Gasteiger partial charge in [-0.3, -0.25) is 4.98 Å². The summed E-state index contributed by atoms with van der Waals surface area (Å²) in [5, 5.41) is 2.08. The zero-order chi connectivity index (χ0) is 25.0. The van der Waals surface area contributed by atoms with Crippen LogP contribution in [0, 0.1) is 0 Å². The van der Waals surface area contributed by atoms with Crippen molar-refractivity contribution in [1.29, 1.82) is 0 Å². The molecule has 11 heteroatoms. The zero-order valence-corrected chi connectivity index (χ0v) is 19.7. The molecule has 36 heavy (non-hydrogen) atoms. The number of fused-ring (bicyclic) bond motifs is 2. The molecule has 4 aromatic heterocycles. The van der Waals surface area contributed by atoms with Gasteiger partial charge in [0, 0.05) is 40.5 Å². The lowest BCUT2D eigenvalue weighted by molar-refractivity contribution is -0.593. The average Bonchev–Trinajstić information content (AvgIpc) is 3.55. The highest BCUT2D eigenvalue weighted by Gasteiger charge is 2.34. The van der Waals surface area contributed by atoms with Crippen LogP contribution in [0.2, 0.25) is 10.0 Å². The first-order chi connectivity index (χ1) is 17.3.